The number of likely N-dealkylation sites (tertiary alicyclic amines) is 1. The molecule has 0 bridgehead atoms. The van der Waals surface area contributed by atoms with Gasteiger partial charge >= 0.3 is 0 Å². The number of carbonyl (C=O) groups excluding carboxylic acids is 1. The summed E-state index contributed by atoms with van der Waals surface area (Å²) in [5.74, 6) is 0.670. The predicted octanol–water partition coefficient (Wildman–Crippen LogP) is 4.12. The molecule has 166 valence electrons. The molecule has 4 rings (SSSR count). The number of amides is 1. The molecule has 0 saturated carbocycles. The highest BCUT2D eigenvalue weighted by molar-refractivity contribution is 5.94. The lowest BCUT2D eigenvalue weighted by atomic mass is 9.93. The molecule has 0 N–H and O–H groups in total. The third kappa shape index (κ3) is 4.62. The van der Waals surface area contributed by atoms with E-state index in [2.05, 4.69) is 9.97 Å². The molecule has 3 heterocycles. The molecule has 1 unspecified atom stereocenters. The van der Waals surface area contributed by atoms with Gasteiger partial charge in [-0.1, -0.05) is 12.1 Å². The third-order valence-corrected chi connectivity index (χ3v) is 5.79. The molecule has 0 spiro atoms. The molecule has 3 aromatic rings. The summed E-state index contributed by atoms with van der Waals surface area (Å²) >= 11 is 0. The third-order valence-electron chi connectivity index (χ3n) is 5.79. The van der Waals surface area contributed by atoms with E-state index in [0.29, 0.717) is 24.7 Å². The van der Waals surface area contributed by atoms with Crippen molar-refractivity contribution in [2.45, 2.75) is 31.9 Å². The van der Waals surface area contributed by atoms with Gasteiger partial charge in [-0.15, -0.1) is 0 Å². The van der Waals surface area contributed by atoms with Crippen LogP contribution >= 0.6 is 0 Å². The fraction of sp³-hybridized carbons (Fsp3) is 0.360. The van der Waals surface area contributed by atoms with Gasteiger partial charge in [0.2, 0.25) is 5.95 Å². The first kappa shape index (κ1) is 21.9. The van der Waals surface area contributed by atoms with Crippen molar-refractivity contribution in [3.8, 4) is 11.1 Å². The Morgan fingerprint density at radius 2 is 1.88 bits per heavy atom. The van der Waals surface area contributed by atoms with Crippen molar-refractivity contribution in [1.29, 1.82) is 0 Å². The first-order valence-corrected chi connectivity index (χ1v) is 10.9. The predicted molar refractivity (Wildman–Crippen MR) is 124 cm³/mol. The van der Waals surface area contributed by atoms with Crippen LogP contribution < -0.4 is 4.90 Å². The summed E-state index contributed by atoms with van der Waals surface area (Å²) in [6.07, 6.45) is 8.31. The maximum atomic E-state index is 13.6. The maximum Gasteiger partial charge on any atom is 0.254 e. The minimum absolute atomic E-state index is 0.0318. The van der Waals surface area contributed by atoms with Crippen LogP contribution in [0.15, 0.2) is 55.0 Å². The minimum atomic E-state index is -0.111. The lowest BCUT2D eigenvalue weighted by molar-refractivity contribution is 0.0606. The van der Waals surface area contributed by atoms with E-state index in [1.807, 2.05) is 66.5 Å². The standard InChI is InChI=1S/C25H29N5O2/c1-29(2)25-27-16-21(19-11-13-26-14-12-19)23(28-25)22-6-4-5-15-30(22)24(31)20-9-7-18(8-10-20)17-32-3/h7-14,16,22H,4-6,15,17H2,1-3H3. The SMILES string of the molecule is COCc1ccc(C(=O)N2CCCCC2c2nc(N(C)C)ncc2-c2ccncc2)cc1. The van der Waals surface area contributed by atoms with Crippen LogP contribution in [-0.2, 0) is 11.3 Å². The molecule has 1 aromatic carbocycles. The van der Waals surface area contributed by atoms with Gasteiger partial charge < -0.3 is 14.5 Å². The Morgan fingerprint density at radius 1 is 1.12 bits per heavy atom. The highest BCUT2D eigenvalue weighted by Gasteiger charge is 2.32. The Kier molecular flexibility index (Phi) is 6.75. The summed E-state index contributed by atoms with van der Waals surface area (Å²) in [6, 6.07) is 11.5. The topological polar surface area (TPSA) is 71.5 Å². The number of pyridine rings is 1. The van der Waals surface area contributed by atoms with Gasteiger partial charge in [-0.05, 0) is 54.7 Å². The zero-order valence-electron chi connectivity index (χ0n) is 18.9. The molecule has 32 heavy (non-hydrogen) atoms. The average Bonchev–Trinajstić information content (AvgIpc) is 2.84. The number of anilines is 1. The van der Waals surface area contributed by atoms with Gasteiger partial charge in [0.1, 0.15) is 0 Å². The van der Waals surface area contributed by atoms with Gasteiger partial charge in [0.25, 0.3) is 5.91 Å². The van der Waals surface area contributed by atoms with E-state index in [1.165, 1.54) is 0 Å². The van der Waals surface area contributed by atoms with Crippen LogP contribution in [0, 0.1) is 0 Å². The van der Waals surface area contributed by atoms with Crippen molar-refractivity contribution >= 4 is 11.9 Å². The summed E-state index contributed by atoms with van der Waals surface area (Å²) in [5, 5.41) is 0. The largest absolute Gasteiger partial charge is 0.380 e. The smallest absolute Gasteiger partial charge is 0.254 e. The van der Waals surface area contributed by atoms with E-state index < -0.39 is 0 Å². The van der Waals surface area contributed by atoms with Gasteiger partial charge in [0.05, 0.1) is 18.3 Å². The zero-order chi connectivity index (χ0) is 22.5. The fourth-order valence-corrected chi connectivity index (χ4v) is 4.14. The van der Waals surface area contributed by atoms with Crippen LogP contribution in [0.1, 0.15) is 46.9 Å². The second-order valence-electron chi connectivity index (χ2n) is 8.24. The summed E-state index contributed by atoms with van der Waals surface area (Å²) < 4.78 is 5.19. The second-order valence-corrected chi connectivity index (χ2v) is 8.24. The quantitative estimate of drug-likeness (QED) is 0.585. The molecule has 1 fully saturated rings. The first-order chi connectivity index (χ1) is 15.6. The minimum Gasteiger partial charge on any atom is -0.380 e. The summed E-state index contributed by atoms with van der Waals surface area (Å²) in [5.41, 5.74) is 4.56. The van der Waals surface area contributed by atoms with Gasteiger partial charge in [-0.25, -0.2) is 9.97 Å². The molecular formula is C25H29N5O2. The number of rotatable bonds is 6. The van der Waals surface area contributed by atoms with Gasteiger partial charge in [-0.3, -0.25) is 9.78 Å². The number of ether oxygens (including phenoxy) is 1. The average molecular weight is 432 g/mol. The number of carbonyl (C=O) groups is 1. The normalized spacial score (nSPS) is 16.1. The van der Waals surface area contributed by atoms with Gasteiger partial charge in [0.15, 0.2) is 0 Å². The molecule has 0 radical (unpaired) electrons. The highest BCUT2D eigenvalue weighted by atomic mass is 16.5. The van der Waals surface area contributed by atoms with Crippen LogP contribution in [0.3, 0.4) is 0 Å². The van der Waals surface area contributed by atoms with Crippen molar-refractivity contribution in [3.05, 3.63) is 71.8 Å². The van der Waals surface area contributed by atoms with Crippen molar-refractivity contribution in [3.63, 3.8) is 0 Å². The van der Waals surface area contributed by atoms with E-state index in [0.717, 1.165) is 41.6 Å². The van der Waals surface area contributed by atoms with Crippen LogP contribution in [0.2, 0.25) is 0 Å². The van der Waals surface area contributed by atoms with Crippen LogP contribution in [0.4, 0.5) is 5.95 Å². The number of methoxy groups -OCH3 is 1. The van der Waals surface area contributed by atoms with Gasteiger partial charge in [-0.2, -0.15) is 0 Å². The molecule has 1 atom stereocenters. The number of piperidine rings is 1. The molecule has 2 aromatic heterocycles. The number of hydrogen-bond acceptors (Lipinski definition) is 6. The Labute approximate surface area is 189 Å². The molecule has 1 saturated heterocycles. The second kappa shape index (κ2) is 9.87. The number of nitrogens with zero attached hydrogens (tertiary/aromatic N) is 5. The van der Waals surface area contributed by atoms with Crippen molar-refractivity contribution in [1.82, 2.24) is 19.9 Å². The van der Waals surface area contributed by atoms with E-state index in [4.69, 9.17) is 9.72 Å². The van der Waals surface area contributed by atoms with E-state index in [-0.39, 0.29) is 11.9 Å². The summed E-state index contributed by atoms with van der Waals surface area (Å²) in [4.78, 5) is 31.0. The van der Waals surface area contributed by atoms with Gasteiger partial charge in [0, 0.05) is 57.5 Å². The number of hydrogen-bond donors (Lipinski definition) is 0. The van der Waals surface area contributed by atoms with Crippen LogP contribution in [0.5, 0.6) is 0 Å². The summed E-state index contributed by atoms with van der Waals surface area (Å²) in [6.45, 7) is 1.24. The van der Waals surface area contributed by atoms with Crippen molar-refractivity contribution in [2.24, 2.45) is 0 Å². The van der Waals surface area contributed by atoms with E-state index in [9.17, 15) is 4.79 Å². The zero-order valence-corrected chi connectivity index (χ0v) is 18.9. The Morgan fingerprint density at radius 3 is 2.56 bits per heavy atom. The Hall–Kier alpha value is -3.32. The molecule has 0 aliphatic carbocycles. The first-order valence-electron chi connectivity index (χ1n) is 10.9. The van der Waals surface area contributed by atoms with Crippen LogP contribution in [0.25, 0.3) is 11.1 Å². The molecule has 1 amide bonds. The Bertz CT molecular complexity index is 1050. The molecule has 1 aliphatic rings. The number of benzene rings is 1. The lowest BCUT2D eigenvalue weighted by Gasteiger charge is -2.36. The van der Waals surface area contributed by atoms with E-state index >= 15 is 0 Å². The fourth-order valence-electron chi connectivity index (χ4n) is 4.14. The monoisotopic (exact) mass is 431 g/mol. The van der Waals surface area contributed by atoms with Crippen molar-refractivity contribution in [2.75, 3.05) is 32.6 Å². The molecular weight excluding hydrogens is 402 g/mol. The van der Waals surface area contributed by atoms with Crippen LogP contribution in [-0.4, -0.2) is 53.5 Å². The lowest BCUT2D eigenvalue weighted by Crippen LogP contribution is -2.39. The summed E-state index contributed by atoms with van der Waals surface area (Å²) in [7, 11) is 5.52. The Balaban J connectivity index is 1.73. The maximum absolute atomic E-state index is 13.6. The van der Waals surface area contributed by atoms with Crippen molar-refractivity contribution < 1.29 is 9.53 Å². The number of aromatic nitrogens is 3. The van der Waals surface area contributed by atoms with E-state index in [1.54, 1.807) is 19.5 Å². The molecule has 7 nitrogen and oxygen atoms in total. The molecule has 1 aliphatic heterocycles. The highest BCUT2D eigenvalue weighted by Crippen LogP contribution is 2.37. The molecule has 7 heteroatoms.